The van der Waals surface area contributed by atoms with E-state index in [1.807, 2.05) is 78.1 Å². The lowest BCUT2D eigenvalue weighted by atomic mass is 10.00. The van der Waals surface area contributed by atoms with Crippen LogP contribution in [0.5, 0.6) is 0 Å². The highest BCUT2D eigenvalue weighted by Gasteiger charge is 2.15. The molecule has 0 saturated heterocycles. The fourth-order valence-electron chi connectivity index (χ4n) is 6.79. The zero-order valence-corrected chi connectivity index (χ0v) is 29.4. The van der Waals surface area contributed by atoms with Gasteiger partial charge in [0.25, 0.3) is 0 Å². The quantitative estimate of drug-likeness (QED) is 0.173. The summed E-state index contributed by atoms with van der Waals surface area (Å²) in [6.45, 7) is 0. The number of thiazole rings is 1. The first-order valence-electron chi connectivity index (χ1n) is 17.1. The molecule has 4 nitrogen and oxygen atoms in total. The van der Waals surface area contributed by atoms with Crippen LogP contribution in [0.3, 0.4) is 0 Å². The Morgan fingerprint density at radius 1 is 0.308 bits per heavy atom. The number of nitrogens with zero attached hydrogens (tertiary/aromatic N) is 4. The number of aromatic nitrogens is 4. The smallest absolute Gasteiger partial charge is 0.164 e. The Balaban J connectivity index is 1.02. The second-order valence-corrected chi connectivity index (χ2v) is 14.8. The van der Waals surface area contributed by atoms with Crippen molar-refractivity contribution >= 4 is 53.1 Å². The van der Waals surface area contributed by atoms with Crippen LogP contribution in [0.4, 0.5) is 0 Å². The molecule has 0 amide bonds. The average Bonchev–Trinajstić information content (AvgIpc) is 3.83. The third-order valence-corrected chi connectivity index (χ3v) is 11.6. The zero-order valence-electron chi connectivity index (χ0n) is 27.8. The topological polar surface area (TPSA) is 51.6 Å². The number of para-hydroxylation sites is 1. The highest BCUT2D eigenvalue weighted by molar-refractivity contribution is 7.25. The molecule has 0 N–H and O–H groups in total. The van der Waals surface area contributed by atoms with Crippen molar-refractivity contribution in [3.63, 3.8) is 0 Å². The van der Waals surface area contributed by atoms with Gasteiger partial charge in [-0.2, -0.15) is 0 Å². The van der Waals surface area contributed by atoms with E-state index in [2.05, 4.69) is 103 Å². The van der Waals surface area contributed by atoms with E-state index >= 15 is 0 Å². The zero-order chi connectivity index (χ0) is 34.4. The van der Waals surface area contributed by atoms with Crippen LogP contribution in [0.2, 0.25) is 0 Å². The molecule has 0 spiro atoms. The Labute approximate surface area is 308 Å². The van der Waals surface area contributed by atoms with Gasteiger partial charge in [0.1, 0.15) is 5.01 Å². The van der Waals surface area contributed by atoms with Crippen molar-refractivity contribution in [3.05, 3.63) is 170 Å². The standard InChI is InChI=1S/C46H28N4S2/c1-4-12-29(13-5-1)43-48-44(30-14-6-2-7-15-30)50-45(49-43)35-19-10-18-32(26-35)33-22-24-37-38-25-23-34(28-41(38)51-40(37)27-33)36-20-11-21-39-42(36)47-46(52-39)31-16-8-3-9-17-31/h1-28H. The normalized spacial score (nSPS) is 11.5. The molecule has 0 aliphatic rings. The van der Waals surface area contributed by atoms with Crippen molar-refractivity contribution in [2.24, 2.45) is 0 Å². The van der Waals surface area contributed by atoms with Crippen LogP contribution in [0.25, 0.3) is 97.4 Å². The van der Waals surface area contributed by atoms with E-state index in [-0.39, 0.29) is 0 Å². The number of rotatable bonds is 6. The van der Waals surface area contributed by atoms with E-state index in [0.29, 0.717) is 17.5 Å². The molecule has 10 aromatic rings. The van der Waals surface area contributed by atoms with Crippen LogP contribution in [0.15, 0.2) is 170 Å². The van der Waals surface area contributed by atoms with E-state index in [4.69, 9.17) is 19.9 Å². The molecular formula is C46H28N4S2. The fourth-order valence-corrected chi connectivity index (χ4v) is 8.97. The summed E-state index contributed by atoms with van der Waals surface area (Å²) in [5, 5.41) is 3.58. The average molecular weight is 701 g/mol. The molecule has 3 aromatic heterocycles. The lowest BCUT2D eigenvalue weighted by molar-refractivity contribution is 1.07. The maximum absolute atomic E-state index is 5.11. The minimum Gasteiger partial charge on any atom is -0.235 e. The SMILES string of the molecule is c1ccc(-c2nc(-c3ccccc3)nc(-c3cccc(-c4ccc5c(c4)sc4cc(-c6cccc7sc(-c8ccccc8)nc67)ccc45)c3)n2)cc1. The predicted molar refractivity (Wildman–Crippen MR) is 219 cm³/mol. The summed E-state index contributed by atoms with van der Waals surface area (Å²) in [6, 6.07) is 59.3. The van der Waals surface area contributed by atoms with Gasteiger partial charge in [-0.05, 0) is 41.0 Å². The van der Waals surface area contributed by atoms with E-state index < -0.39 is 0 Å². The number of benzene rings is 7. The summed E-state index contributed by atoms with van der Waals surface area (Å²) in [5.74, 6) is 1.96. The summed E-state index contributed by atoms with van der Waals surface area (Å²) in [6.07, 6.45) is 0. The molecule has 0 saturated carbocycles. The molecule has 7 aromatic carbocycles. The Morgan fingerprint density at radius 2 is 0.808 bits per heavy atom. The van der Waals surface area contributed by atoms with E-state index in [1.54, 1.807) is 11.3 Å². The Morgan fingerprint density at radius 3 is 1.46 bits per heavy atom. The Bertz CT molecular complexity index is 2840. The second-order valence-electron chi connectivity index (χ2n) is 12.7. The number of hydrogen-bond donors (Lipinski definition) is 0. The van der Waals surface area contributed by atoms with Gasteiger partial charge in [0.2, 0.25) is 0 Å². The maximum Gasteiger partial charge on any atom is 0.164 e. The van der Waals surface area contributed by atoms with Crippen molar-refractivity contribution in [3.8, 4) is 67.0 Å². The Hall–Kier alpha value is -6.34. The van der Waals surface area contributed by atoms with Gasteiger partial charge >= 0.3 is 0 Å². The molecule has 0 unspecified atom stereocenters. The fraction of sp³-hybridized carbons (Fsp3) is 0. The lowest BCUT2D eigenvalue weighted by Crippen LogP contribution is -2.00. The predicted octanol–water partition coefficient (Wildman–Crippen LogP) is 12.9. The number of thiophene rings is 1. The lowest BCUT2D eigenvalue weighted by Gasteiger charge is -2.09. The molecule has 244 valence electrons. The molecule has 0 bridgehead atoms. The van der Waals surface area contributed by atoms with Gasteiger partial charge < -0.3 is 0 Å². The molecule has 52 heavy (non-hydrogen) atoms. The van der Waals surface area contributed by atoms with Crippen LogP contribution in [-0.2, 0) is 0 Å². The van der Waals surface area contributed by atoms with E-state index in [1.165, 1.54) is 30.4 Å². The van der Waals surface area contributed by atoms with E-state index in [0.717, 1.165) is 49.5 Å². The minimum absolute atomic E-state index is 0.649. The highest BCUT2D eigenvalue weighted by atomic mass is 32.1. The summed E-state index contributed by atoms with van der Waals surface area (Å²) in [5.41, 5.74) is 9.68. The third kappa shape index (κ3) is 5.55. The van der Waals surface area contributed by atoms with Gasteiger partial charge in [-0.15, -0.1) is 22.7 Å². The summed E-state index contributed by atoms with van der Waals surface area (Å²) >= 11 is 3.58. The third-order valence-electron chi connectivity index (χ3n) is 9.38. The van der Waals surface area contributed by atoms with Gasteiger partial charge in [0, 0.05) is 48.0 Å². The van der Waals surface area contributed by atoms with Crippen LogP contribution in [0, 0.1) is 0 Å². The first kappa shape index (κ1) is 30.5. The second kappa shape index (κ2) is 12.8. The Kier molecular flexibility index (Phi) is 7.48. The van der Waals surface area contributed by atoms with Crippen LogP contribution >= 0.6 is 22.7 Å². The van der Waals surface area contributed by atoms with E-state index in [9.17, 15) is 0 Å². The van der Waals surface area contributed by atoms with Gasteiger partial charge in [-0.3, -0.25) is 0 Å². The molecule has 0 aliphatic carbocycles. The molecule has 0 radical (unpaired) electrons. The minimum atomic E-state index is 0.649. The molecule has 10 rings (SSSR count). The molecule has 0 atom stereocenters. The largest absolute Gasteiger partial charge is 0.235 e. The monoisotopic (exact) mass is 700 g/mol. The summed E-state index contributed by atoms with van der Waals surface area (Å²) in [4.78, 5) is 19.9. The van der Waals surface area contributed by atoms with Gasteiger partial charge in [-0.1, -0.05) is 146 Å². The van der Waals surface area contributed by atoms with Crippen molar-refractivity contribution < 1.29 is 0 Å². The first-order valence-corrected chi connectivity index (χ1v) is 18.8. The van der Waals surface area contributed by atoms with Gasteiger partial charge in [-0.25, -0.2) is 19.9 Å². The van der Waals surface area contributed by atoms with Crippen LogP contribution < -0.4 is 0 Å². The van der Waals surface area contributed by atoms with Crippen molar-refractivity contribution in [1.29, 1.82) is 0 Å². The van der Waals surface area contributed by atoms with Crippen LogP contribution in [0.1, 0.15) is 0 Å². The molecular weight excluding hydrogens is 673 g/mol. The molecule has 0 fully saturated rings. The summed E-state index contributed by atoms with van der Waals surface area (Å²) < 4.78 is 3.72. The van der Waals surface area contributed by atoms with Crippen LogP contribution in [-0.4, -0.2) is 19.9 Å². The summed E-state index contributed by atoms with van der Waals surface area (Å²) in [7, 11) is 0. The van der Waals surface area contributed by atoms with Crippen molar-refractivity contribution in [2.45, 2.75) is 0 Å². The molecule has 0 aliphatic heterocycles. The van der Waals surface area contributed by atoms with Crippen molar-refractivity contribution in [1.82, 2.24) is 19.9 Å². The highest BCUT2D eigenvalue weighted by Crippen LogP contribution is 2.41. The number of hydrogen-bond acceptors (Lipinski definition) is 6. The first-order chi connectivity index (χ1) is 25.7. The van der Waals surface area contributed by atoms with Gasteiger partial charge in [0.15, 0.2) is 17.5 Å². The molecule has 6 heteroatoms. The van der Waals surface area contributed by atoms with Gasteiger partial charge in [0.05, 0.1) is 10.2 Å². The maximum atomic E-state index is 5.11. The van der Waals surface area contributed by atoms with Crippen molar-refractivity contribution in [2.75, 3.05) is 0 Å². The number of fused-ring (bicyclic) bond motifs is 4. The molecule has 3 heterocycles.